The molecule has 0 N–H and O–H groups in total. The van der Waals surface area contributed by atoms with Gasteiger partial charge in [-0.1, -0.05) is 19.8 Å². The number of aryl methyl sites for hydroxylation is 1. The van der Waals surface area contributed by atoms with Crippen molar-refractivity contribution in [2.75, 3.05) is 7.11 Å². The smallest absolute Gasteiger partial charge is 0.339 e. The van der Waals surface area contributed by atoms with Crippen LogP contribution in [0.1, 0.15) is 54.7 Å². The number of methoxy groups -OCH3 is 1. The molecule has 122 valence electrons. The number of esters is 1. The quantitative estimate of drug-likeness (QED) is 0.798. The molecule has 0 spiro atoms. The fourth-order valence-electron chi connectivity index (χ4n) is 3.57. The maximum atomic E-state index is 12.9. The molecule has 0 saturated heterocycles. The number of hydrogen-bond donors (Lipinski definition) is 0. The summed E-state index contributed by atoms with van der Waals surface area (Å²) in [6.07, 6.45) is 6.40. The second-order valence-corrected chi connectivity index (χ2v) is 6.40. The normalized spacial score (nSPS) is 21.3. The Morgan fingerprint density at radius 3 is 2.78 bits per heavy atom. The van der Waals surface area contributed by atoms with Crippen LogP contribution >= 0.6 is 0 Å². The van der Waals surface area contributed by atoms with Crippen LogP contribution in [0.3, 0.4) is 0 Å². The first-order chi connectivity index (χ1) is 11.0. The van der Waals surface area contributed by atoms with Gasteiger partial charge in [0.05, 0.1) is 29.3 Å². The lowest BCUT2D eigenvalue weighted by molar-refractivity contribution is 0.0599. The Morgan fingerprint density at radius 1 is 1.35 bits per heavy atom. The number of carbonyl (C=O) groups excluding carboxylic acids is 1. The highest BCUT2D eigenvalue weighted by atomic mass is 16.5. The molecule has 0 radical (unpaired) electrons. The summed E-state index contributed by atoms with van der Waals surface area (Å²) in [4.78, 5) is 29.2. The number of fused-ring (bicyclic) bond motifs is 1. The van der Waals surface area contributed by atoms with Crippen LogP contribution < -0.4 is 5.56 Å². The van der Waals surface area contributed by atoms with Crippen molar-refractivity contribution < 1.29 is 9.53 Å². The Balaban J connectivity index is 2.16. The maximum Gasteiger partial charge on any atom is 0.339 e. The highest BCUT2D eigenvalue weighted by Gasteiger charge is 2.24. The number of pyridine rings is 2. The van der Waals surface area contributed by atoms with Crippen molar-refractivity contribution in [2.45, 2.75) is 45.6 Å². The van der Waals surface area contributed by atoms with Crippen molar-refractivity contribution >= 4 is 16.9 Å². The van der Waals surface area contributed by atoms with Crippen LogP contribution in [-0.4, -0.2) is 22.6 Å². The molecular weight excluding hydrogens is 292 g/mol. The van der Waals surface area contributed by atoms with E-state index in [0.717, 1.165) is 19.3 Å². The van der Waals surface area contributed by atoms with Gasteiger partial charge in [-0.3, -0.25) is 9.78 Å². The molecule has 2 aromatic rings. The van der Waals surface area contributed by atoms with E-state index >= 15 is 0 Å². The van der Waals surface area contributed by atoms with Crippen LogP contribution in [0.4, 0.5) is 0 Å². The van der Waals surface area contributed by atoms with Crippen LogP contribution in [0.2, 0.25) is 0 Å². The summed E-state index contributed by atoms with van der Waals surface area (Å²) >= 11 is 0. The fraction of sp³-hybridized carbons (Fsp3) is 0.500. The number of carbonyl (C=O) groups is 1. The summed E-state index contributed by atoms with van der Waals surface area (Å²) in [5.74, 6) is 0.0233. The maximum absolute atomic E-state index is 12.9. The molecule has 1 fully saturated rings. The van der Waals surface area contributed by atoms with E-state index in [9.17, 15) is 9.59 Å². The molecule has 23 heavy (non-hydrogen) atoms. The van der Waals surface area contributed by atoms with E-state index in [-0.39, 0.29) is 11.6 Å². The molecule has 5 heteroatoms. The molecule has 1 saturated carbocycles. The SMILES string of the molecule is COC(=O)c1cc2c(=O)n([C@@H]3CCCC[C@H]3C)ccc2nc1C. The molecule has 1 aliphatic carbocycles. The Kier molecular flexibility index (Phi) is 4.20. The minimum atomic E-state index is -0.460. The third-order valence-corrected chi connectivity index (χ3v) is 4.93. The highest BCUT2D eigenvalue weighted by molar-refractivity contribution is 5.94. The molecule has 5 nitrogen and oxygen atoms in total. The van der Waals surface area contributed by atoms with E-state index in [4.69, 9.17) is 4.74 Å². The van der Waals surface area contributed by atoms with Gasteiger partial charge in [-0.05, 0) is 37.8 Å². The lowest BCUT2D eigenvalue weighted by atomic mass is 9.85. The summed E-state index contributed by atoms with van der Waals surface area (Å²) in [5, 5.41) is 0.483. The van der Waals surface area contributed by atoms with Gasteiger partial charge in [-0.15, -0.1) is 0 Å². The van der Waals surface area contributed by atoms with Crippen LogP contribution in [-0.2, 0) is 4.74 Å². The van der Waals surface area contributed by atoms with Crippen molar-refractivity contribution in [2.24, 2.45) is 5.92 Å². The standard InChI is InChI=1S/C18H22N2O3/c1-11-6-4-5-7-16(11)20-9-8-15-14(17(20)21)10-13(12(2)19-15)18(22)23-3/h8-11,16H,4-7H2,1-3H3/t11-,16-/m1/s1. The van der Waals surface area contributed by atoms with Crippen molar-refractivity contribution in [1.82, 2.24) is 9.55 Å². The molecule has 2 atom stereocenters. The van der Waals surface area contributed by atoms with E-state index in [0.29, 0.717) is 28.1 Å². The monoisotopic (exact) mass is 314 g/mol. The largest absolute Gasteiger partial charge is 0.465 e. The molecule has 2 aromatic heterocycles. The molecule has 3 rings (SSSR count). The zero-order chi connectivity index (χ0) is 16.6. The third kappa shape index (κ3) is 2.76. The zero-order valence-corrected chi connectivity index (χ0v) is 13.8. The van der Waals surface area contributed by atoms with E-state index in [1.165, 1.54) is 13.5 Å². The second kappa shape index (κ2) is 6.14. The Labute approximate surface area is 135 Å². The van der Waals surface area contributed by atoms with Gasteiger partial charge in [0.25, 0.3) is 5.56 Å². The summed E-state index contributed by atoms with van der Waals surface area (Å²) in [5.41, 5.74) is 1.48. The molecule has 0 aromatic carbocycles. The molecule has 0 bridgehead atoms. The van der Waals surface area contributed by atoms with Crippen molar-refractivity contribution in [1.29, 1.82) is 0 Å². The van der Waals surface area contributed by atoms with E-state index in [1.54, 1.807) is 13.0 Å². The number of hydrogen-bond acceptors (Lipinski definition) is 4. The van der Waals surface area contributed by atoms with Crippen LogP contribution in [0.15, 0.2) is 23.1 Å². The van der Waals surface area contributed by atoms with Gasteiger partial charge < -0.3 is 9.30 Å². The average Bonchev–Trinajstić information content (AvgIpc) is 2.55. The minimum Gasteiger partial charge on any atom is -0.465 e. The van der Waals surface area contributed by atoms with E-state index in [1.807, 2.05) is 16.8 Å². The van der Waals surface area contributed by atoms with Crippen LogP contribution in [0, 0.1) is 12.8 Å². The van der Waals surface area contributed by atoms with Gasteiger partial charge in [0.2, 0.25) is 0 Å². The summed E-state index contributed by atoms with van der Waals surface area (Å²) in [6, 6.07) is 3.71. The molecule has 0 unspecified atom stereocenters. The van der Waals surface area contributed by atoms with E-state index in [2.05, 4.69) is 11.9 Å². The van der Waals surface area contributed by atoms with Gasteiger partial charge in [0.1, 0.15) is 0 Å². The van der Waals surface area contributed by atoms with Crippen molar-refractivity contribution in [3.63, 3.8) is 0 Å². The fourth-order valence-corrected chi connectivity index (χ4v) is 3.57. The van der Waals surface area contributed by atoms with Crippen LogP contribution in [0.5, 0.6) is 0 Å². The summed E-state index contributed by atoms with van der Waals surface area (Å²) in [6.45, 7) is 3.95. The Bertz CT molecular complexity index is 810. The average molecular weight is 314 g/mol. The molecule has 0 amide bonds. The lowest BCUT2D eigenvalue weighted by Crippen LogP contribution is -2.30. The van der Waals surface area contributed by atoms with Gasteiger partial charge in [0.15, 0.2) is 0 Å². The minimum absolute atomic E-state index is 0.0705. The predicted octanol–water partition coefficient (Wildman–Crippen LogP) is 3.24. The molecular formula is C18H22N2O3. The summed E-state index contributed by atoms with van der Waals surface area (Å²) in [7, 11) is 1.33. The first-order valence-electron chi connectivity index (χ1n) is 8.13. The number of nitrogens with zero attached hydrogens (tertiary/aromatic N) is 2. The van der Waals surface area contributed by atoms with Gasteiger partial charge >= 0.3 is 5.97 Å². The number of ether oxygens (including phenoxy) is 1. The first kappa shape index (κ1) is 15.7. The predicted molar refractivity (Wildman–Crippen MR) is 88.7 cm³/mol. The topological polar surface area (TPSA) is 61.2 Å². The second-order valence-electron chi connectivity index (χ2n) is 6.40. The number of rotatable bonds is 2. The van der Waals surface area contributed by atoms with Gasteiger partial charge in [-0.25, -0.2) is 4.79 Å². The number of aromatic nitrogens is 2. The molecule has 0 aliphatic heterocycles. The van der Waals surface area contributed by atoms with Crippen LogP contribution in [0.25, 0.3) is 10.9 Å². The third-order valence-electron chi connectivity index (χ3n) is 4.93. The zero-order valence-electron chi connectivity index (χ0n) is 13.8. The van der Waals surface area contributed by atoms with Gasteiger partial charge in [0, 0.05) is 12.2 Å². The highest BCUT2D eigenvalue weighted by Crippen LogP contribution is 2.32. The Morgan fingerprint density at radius 2 is 2.09 bits per heavy atom. The lowest BCUT2D eigenvalue weighted by Gasteiger charge is -2.30. The Hall–Kier alpha value is -2.17. The molecule has 1 aliphatic rings. The molecule has 2 heterocycles. The van der Waals surface area contributed by atoms with E-state index < -0.39 is 5.97 Å². The van der Waals surface area contributed by atoms with Crippen molar-refractivity contribution in [3.8, 4) is 0 Å². The van der Waals surface area contributed by atoms with Crippen molar-refractivity contribution in [3.05, 3.63) is 39.9 Å². The summed E-state index contributed by atoms with van der Waals surface area (Å²) < 4.78 is 6.61. The first-order valence-corrected chi connectivity index (χ1v) is 8.13. The van der Waals surface area contributed by atoms with Gasteiger partial charge in [-0.2, -0.15) is 0 Å².